The second-order valence-corrected chi connectivity index (χ2v) is 7.67. The van der Waals surface area contributed by atoms with E-state index in [4.69, 9.17) is 0 Å². The maximum Gasteiger partial charge on any atom is 0.322 e. The first-order chi connectivity index (χ1) is 15.2. The molecule has 0 unspecified atom stereocenters. The Balaban J connectivity index is 0.000000730. The van der Waals surface area contributed by atoms with Gasteiger partial charge in [0, 0.05) is 36.9 Å². The number of fused-ring (bicyclic) bond motifs is 3. The SMILES string of the molecule is COCl.O=C(Nc1ccccc1)N1CCc2c(cnc3n[nH]c(C4=CCNCC4)c23)C1. The number of anilines is 1. The number of nitrogens with zero attached hydrogens (tertiary/aromatic N) is 3. The van der Waals surface area contributed by atoms with E-state index in [1.807, 2.05) is 41.4 Å². The van der Waals surface area contributed by atoms with Crippen LogP contribution in [-0.2, 0) is 17.3 Å². The molecule has 0 spiro atoms. The van der Waals surface area contributed by atoms with Crippen molar-refractivity contribution in [2.45, 2.75) is 19.4 Å². The molecule has 2 aromatic heterocycles. The van der Waals surface area contributed by atoms with Crippen LogP contribution in [0.4, 0.5) is 10.5 Å². The molecule has 162 valence electrons. The van der Waals surface area contributed by atoms with E-state index >= 15 is 0 Å². The molecular formula is C22H25ClN6O2. The van der Waals surface area contributed by atoms with Crippen LogP contribution in [0, 0.1) is 0 Å². The summed E-state index contributed by atoms with van der Waals surface area (Å²) in [7, 11) is 1.39. The standard InChI is InChI=1S/C21H22N6O.CH3ClO/c28-21(24-16-4-2-1-3-5-16)27-11-8-17-15(13-27)12-23-20-18(17)19(25-26-20)14-6-9-22-10-7-14;1-3-2/h1-6,12,22H,7-11,13H2,(H,24,28)(H,23,25,26);1H3. The quantitative estimate of drug-likeness (QED) is 0.564. The predicted molar refractivity (Wildman–Crippen MR) is 122 cm³/mol. The number of pyridine rings is 1. The number of urea groups is 1. The van der Waals surface area contributed by atoms with Crippen LogP contribution in [0.2, 0.25) is 0 Å². The Bertz CT molecular complexity index is 1080. The summed E-state index contributed by atoms with van der Waals surface area (Å²) in [6.45, 7) is 3.09. The fourth-order valence-corrected chi connectivity index (χ4v) is 4.02. The number of benzene rings is 1. The summed E-state index contributed by atoms with van der Waals surface area (Å²) in [5.74, 6) is 0. The summed E-state index contributed by atoms with van der Waals surface area (Å²) in [4.78, 5) is 19.0. The summed E-state index contributed by atoms with van der Waals surface area (Å²) < 4.78 is 3.72. The van der Waals surface area contributed by atoms with Gasteiger partial charge in [0.1, 0.15) is 0 Å². The van der Waals surface area contributed by atoms with Crippen LogP contribution in [0.3, 0.4) is 0 Å². The molecule has 0 bridgehead atoms. The molecule has 3 N–H and O–H groups in total. The number of halogens is 1. The number of para-hydroxylation sites is 1. The minimum atomic E-state index is -0.0783. The van der Waals surface area contributed by atoms with Crippen LogP contribution < -0.4 is 10.6 Å². The fourth-order valence-electron chi connectivity index (χ4n) is 4.02. The second-order valence-electron chi connectivity index (χ2n) is 7.36. The fraction of sp³-hybridized carbons (Fsp3) is 0.318. The molecule has 0 fully saturated rings. The molecule has 5 rings (SSSR count). The second kappa shape index (κ2) is 9.91. The van der Waals surface area contributed by atoms with Gasteiger partial charge in [-0.15, -0.1) is 0 Å². The van der Waals surface area contributed by atoms with Crippen LogP contribution in [0.15, 0.2) is 42.6 Å². The van der Waals surface area contributed by atoms with Crippen LogP contribution in [0.25, 0.3) is 16.6 Å². The van der Waals surface area contributed by atoms with Crippen molar-refractivity contribution in [3.05, 3.63) is 59.4 Å². The summed E-state index contributed by atoms with van der Waals surface area (Å²) in [5, 5.41) is 15.1. The van der Waals surface area contributed by atoms with Gasteiger partial charge in [0.2, 0.25) is 0 Å². The third kappa shape index (κ3) is 4.71. The van der Waals surface area contributed by atoms with Gasteiger partial charge in [0.05, 0.1) is 24.7 Å². The van der Waals surface area contributed by atoms with Crippen LogP contribution in [0.1, 0.15) is 23.2 Å². The van der Waals surface area contributed by atoms with Crippen molar-refractivity contribution in [3.63, 3.8) is 0 Å². The molecule has 2 amide bonds. The van der Waals surface area contributed by atoms with Crippen molar-refractivity contribution in [2.24, 2.45) is 0 Å². The number of amides is 2. The number of hydrogen-bond acceptors (Lipinski definition) is 5. The van der Waals surface area contributed by atoms with Crippen molar-refractivity contribution in [3.8, 4) is 0 Å². The summed E-state index contributed by atoms with van der Waals surface area (Å²) in [6, 6.07) is 9.47. The largest absolute Gasteiger partial charge is 0.322 e. The Labute approximate surface area is 185 Å². The Hall–Kier alpha value is -2.94. The highest BCUT2D eigenvalue weighted by Gasteiger charge is 2.25. The average Bonchev–Trinajstić information content (AvgIpc) is 3.25. The molecule has 0 atom stereocenters. The number of carbonyl (C=O) groups excluding carboxylic acids is 1. The molecule has 9 heteroatoms. The lowest BCUT2D eigenvalue weighted by atomic mass is 9.94. The first kappa shape index (κ1) is 21.3. The van der Waals surface area contributed by atoms with E-state index in [1.54, 1.807) is 0 Å². The van der Waals surface area contributed by atoms with Gasteiger partial charge in [-0.25, -0.2) is 9.78 Å². The highest BCUT2D eigenvalue weighted by atomic mass is 35.5. The normalized spacial score (nSPS) is 15.5. The number of carbonyl (C=O) groups is 1. The lowest BCUT2D eigenvalue weighted by Crippen LogP contribution is -2.39. The topological polar surface area (TPSA) is 95.2 Å². The Kier molecular flexibility index (Phi) is 6.81. The Morgan fingerprint density at radius 3 is 2.81 bits per heavy atom. The minimum Gasteiger partial charge on any atom is -0.320 e. The smallest absolute Gasteiger partial charge is 0.320 e. The lowest BCUT2D eigenvalue weighted by molar-refractivity contribution is 0.206. The zero-order chi connectivity index (χ0) is 21.6. The van der Waals surface area contributed by atoms with E-state index in [1.165, 1.54) is 18.2 Å². The monoisotopic (exact) mass is 440 g/mol. The molecule has 0 saturated carbocycles. The molecule has 3 aromatic rings. The zero-order valence-corrected chi connectivity index (χ0v) is 18.1. The van der Waals surface area contributed by atoms with Gasteiger partial charge in [0.15, 0.2) is 5.65 Å². The van der Waals surface area contributed by atoms with E-state index in [2.05, 4.69) is 48.0 Å². The highest BCUT2D eigenvalue weighted by Crippen LogP contribution is 2.32. The lowest BCUT2D eigenvalue weighted by Gasteiger charge is -2.29. The number of nitrogens with one attached hydrogen (secondary N) is 3. The molecule has 2 aliphatic heterocycles. The summed E-state index contributed by atoms with van der Waals surface area (Å²) in [5.41, 5.74) is 6.30. The number of rotatable bonds is 2. The third-order valence-electron chi connectivity index (χ3n) is 5.47. The van der Waals surface area contributed by atoms with Gasteiger partial charge in [-0.2, -0.15) is 5.10 Å². The van der Waals surface area contributed by atoms with Gasteiger partial charge in [-0.05, 0) is 48.2 Å². The number of H-pyrrole nitrogens is 1. The van der Waals surface area contributed by atoms with Crippen molar-refractivity contribution >= 4 is 40.2 Å². The summed E-state index contributed by atoms with van der Waals surface area (Å²) >= 11 is 4.50. The van der Waals surface area contributed by atoms with Crippen molar-refractivity contribution in [2.75, 3.05) is 32.1 Å². The zero-order valence-electron chi connectivity index (χ0n) is 17.3. The molecule has 0 aliphatic carbocycles. The number of hydrogen-bond donors (Lipinski definition) is 3. The maximum atomic E-state index is 12.7. The Morgan fingerprint density at radius 1 is 1.26 bits per heavy atom. The average molecular weight is 441 g/mol. The highest BCUT2D eigenvalue weighted by molar-refractivity contribution is 6.07. The van der Waals surface area contributed by atoms with Gasteiger partial charge in [-0.1, -0.05) is 24.3 Å². The van der Waals surface area contributed by atoms with Gasteiger partial charge >= 0.3 is 6.03 Å². The van der Waals surface area contributed by atoms with E-state index in [0.717, 1.165) is 53.9 Å². The molecule has 4 heterocycles. The van der Waals surface area contributed by atoms with Crippen LogP contribution in [0.5, 0.6) is 0 Å². The van der Waals surface area contributed by atoms with Crippen LogP contribution in [-0.4, -0.2) is 52.9 Å². The van der Waals surface area contributed by atoms with Crippen molar-refractivity contribution in [1.29, 1.82) is 0 Å². The first-order valence-corrected chi connectivity index (χ1v) is 10.5. The molecule has 0 radical (unpaired) electrons. The summed E-state index contributed by atoms with van der Waals surface area (Å²) in [6.07, 6.45) is 5.86. The molecule has 0 saturated heterocycles. The van der Waals surface area contributed by atoms with E-state index in [9.17, 15) is 4.79 Å². The third-order valence-corrected chi connectivity index (χ3v) is 5.47. The Morgan fingerprint density at radius 2 is 2.06 bits per heavy atom. The van der Waals surface area contributed by atoms with E-state index in [-0.39, 0.29) is 6.03 Å². The van der Waals surface area contributed by atoms with E-state index < -0.39 is 0 Å². The minimum absolute atomic E-state index is 0.0783. The first-order valence-electron chi connectivity index (χ1n) is 10.2. The molecular weight excluding hydrogens is 416 g/mol. The van der Waals surface area contributed by atoms with Crippen molar-refractivity contribution in [1.82, 2.24) is 25.4 Å². The van der Waals surface area contributed by atoms with Crippen LogP contribution >= 0.6 is 11.9 Å². The molecule has 8 nitrogen and oxygen atoms in total. The predicted octanol–water partition coefficient (Wildman–Crippen LogP) is 3.71. The van der Waals surface area contributed by atoms with Gasteiger partial charge in [-0.3, -0.25) is 9.39 Å². The molecule has 2 aliphatic rings. The van der Waals surface area contributed by atoms with Gasteiger partial charge < -0.3 is 15.5 Å². The number of aromatic nitrogens is 3. The van der Waals surface area contributed by atoms with Gasteiger partial charge in [0.25, 0.3) is 0 Å². The number of aromatic amines is 1. The van der Waals surface area contributed by atoms with E-state index in [0.29, 0.717) is 13.1 Å². The molecule has 31 heavy (non-hydrogen) atoms. The molecule has 1 aromatic carbocycles. The maximum absolute atomic E-state index is 12.7. The van der Waals surface area contributed by atoms with Crippen molar-refractivity contribution < 1.29 is 9.08 Å².